The average Bonchev–Trinajstić information content (AvgIpc) is 3.16. The fraction of sp³-hybridized carbons (Fsp3) is 0.588. The van der Waals surface area contributed by atoms with Gasteiger partial charge < -0.3 is 15.3 Å². The number of aliphatic hydroxyl groups is 1. The molecule has 2 aliphatic heterocycles. The van der Waals surface area contributed by atoms with Gasteiger partial charge in [0, 0.05) is 31.5 Å². The third-order valence-corrected chi connectivity index (χ3v) is 5.05. The van der Waals surface area contributed by atoms with E-state index in [0.717, 1.165) is 38.1 Å². The summed E-state index contributed by atoms with van der Waals surface area (Å²) < 4.78 is 38.2. The molecule has 2 unspecified atom stereocenters. The highest BCUT2D eigenvalue weighted by Gasteiger charge is 2.42. The second-order valence-electron chi connectivity index (χ2n) is 6.85. The quantitative estimate of drug-likeness (QED) is 0.881. The first kappa shape index (κ1) is 17.2. The number of hydrogen-bond donors (Lipinski definition) is 2. The predicted molar refractivity (Wildman–Crippen MR) is 82.3 cm³/mol. The van der Waals surface area contributed by atoms with Crippen molar-refractivity contribution in [1.82, 2.24) is 10.2 Å². The molecule has 24 heavy (non-hydrogen) atoms. The maximum absolute atomic E-state index is 12.7. The summed E-state index contributed by atoms with van der Waals surface area (Å²) in [5, 5.41) is 13.5. The summed E-state index contributed by atoms with van der Waals surface area (Å²) in [6.07, 6.45) is -3.92. The molecule has 1 aromatic rings. The molecule has 2 fully saturated rings. The van der Waals surface area contributed by atoms with Gasteiger partial charge >= 0.3 is 6.18 Å². The molecular formula is C17H21F3N2O2. The zero-order valence-electron chi connectivity index (χ0n) is 13.3. The van der Waals surface area contributed by atoms with Crippen LogP contribution in [-0.2, 0) is 17.4 Å². The van der Waals surface area contributed by atoms with Gasteiger partial charge in [0.2, 0.25) is 0 Å². The number of hydrogen-bond acceptors (Lipinski definition) is 3. The molecule has 7 heteroatoms. The standard InChI is InChI=1S/C17H21F3N2O2/c18-17(19,20)13-3-1-2-12(8-13)9-14(23)15(24)22-7-5-16(11-22)4-6-21-10-16/h1-3,8,14,21,23H,4-7,9-11H2. The van der Waals surface area contributed by atoms with E-state index in [-0.39, 0.29) is 11.8 Å². The Bertz CT molecular complexity index is 612. The fourth-order valence-electron chi connectivity index (χ4n) is 3.66. The lowest BCUT2D eigenvalue weighted by molar-refractivity contribution is -0.139. The van der Waals surface area contributed by atoms with Gasteiger partial charge in [0.1, 0.15) is 6.10 Å². The van der Waals surface area contributed by atoms with Gasteiger partial charge in [-0.2, -0.15) is 13.2 Å². The first-order valence-corrected chi connectivity index (χ1v) is 8.13. The van der Waals surface area contributed by atoms with E-state index in [1.165, 1.54) is 12.1 Å². The molecule has 0 saturated carbocycles. The first-order valence-electron chi connectivity index (χ1n) is 8.13. The maximum atomic E-state index is 12.7. The van der Waals surface area contributed by atoms with Crippen LogP contribution in [0, 0.1) is 5.41 Å². The number of amides is 1. The summed E-state index contributed by atoms with van der Waals surface area (Å²) in [5.74, 6) is -0.392. The third-order valence-electron chi connectivity index (χ3n) is 5.05. The van der Waals surface area contributed by atoms with Crippen LogP contribution >= 0.6 is 0 Å². The lowest BCUT2D eigenvalue weighted by atomic mass is 9.86. The summed E-state index contributed by atoms with van der Waals surface area (Å²) in [6, 6.07) is 4.76. The maximum Gasteiger partial charge on any atom is 0.416 e. The van der Waals surface area contributed by atoms with Crippen molar-refractivity contribution in [2.24, 2.45) is 5.41 Å². The van der Waals surface area contributed by atoms with Crippen LogP contribution in [0.4, 0.5) is 13.2 Å². The number of nitrogens with one attached hydrogen (secondary N) is 1. The Morgan fingerprint density at radius 1 is 1.38 bits per heavy atom. The Kier molecular flexibility index (Phi) is 4.57. The van der Waals surface area contributed by atoms with E-state index >= 15 is 0 Å². The molecule has 0 bridgehead atoms. The molecular weight excluding hydrogens is 321 g/mol. The van der Waals surface area contributed by atoms with E-state index in [1.807, 2.05) is 0 Å². The van der Waals surface area contributed by atoms with E-state index in [9.17, 15) is 23.1 Å². The topological polar surface area (TPSA) is 52.6 Å². The molecule has 0 aromatic heterocycles. The summed E-state index contributed by atoms with van der Waals surface area (Å²) in [5.41, 5.74) is -0.357. The van der Waals surface area contributed by atoms with Crippen molar-refractivity contribution in [1.29, 1.82) is 0 Å². The zero-order chi connectivity index (χ0) is 17.4. The SMILES string of the molecule is O=C(C(O)Cc1cccc(C(F)(F)F)c1)N1CCC2(CCNC2)C1. The van der Waals surface area contributed by atoms with Crippen molar-refractivity contribution >= 4 is 5.91 Å². The Labute approximate surface area is 138 Å². The summed E-state index contributed by atoms with van der Waals surface area (Å²) in [4.78, 5) is 14.0. The number of nitrogens with zero attached hydrogens (tertiary/aromatic N) is 1. The number of carbonyl (C=O) groups excluding carboxylic acids is 1. The monoisotopic (exact) mass is 342 g/mol. The third kappa shape index (κ3) is 3.57. The fourth-order valence-corrected chi connectivity index (χ4v) is 3.66. The van der Waals surface area contributed by atoms with Crippen molar-refractivity contribution in [2.45, 2.75) is 31.5 Å². The minimum Gasteiger partial charge on any atom is -0.383 e. The predicted octanol–water partition coefficient (Wildman–Crippen LogP) is 1.82. The van der Waals surface area contributed by atoms with Crippen LogP contribution in [0.3, 0.4) is 0 Å². The second kappa shape index (κ2) is 6.37. The lowest BCUT2D eigenvalue weighted by Crippen LogP contribution is -2.40. The molecule has 2 atom stereocenters. The van der Waals surface area contributed by atoms with Crippen molar-refractivity contribution in [3.05, 3.63) is 35.4 Å². The molecule has 0 radical (unpaired) electrons. The molecule has 1 amide bonds. The zero-order valence-corrected chi connectivity index (χ0v) is 13.3. The molecule has 4 nitrogen and oxygen atoms in total. The summed E-state index contributed by atoms with van der Waals surface area (Å²) in [7, 11) is 0. The van der Waals surface area contributed by atoms with Crippen molar-refractivity contribution in [3.63, 3.8) is 0 Å². The molecule has 3 rings (SSSR count). The molecule has 0 aliphatic carbocycles. The largest absolute Gasteiger partial charge is 0.416 e. The van der Waals surface area contributed by atoms with Gasteiger partial charge in [-0.1, -0.05) is 18.2 Å². The van der Waals surface area contributed by atoms with Gasteiger partial charge in [-0.15, -0.1) is 0 Å². The number of carbonyl (C=O) groups is 1. The normalized spacial score (nSPS) is 25.4. The minimum atomic E-state index is -4.43. The van der Waals surface area contributed by atoms with Crippen LogP contribution in [0.5, 0.6) is 0 Å². The minimum absolute atomic E-state index is 0.103. The van der Waals surface area contributed by atoms with Crippen LogP contribution in [0.2, 0.25) is 0 Å². The van der Waals surface area contributed by atoms with Crippen LogP contribution in [0.1, 0.15) is 24.0 Å². The molecule has 132 valence electrons. The molecule has 2 N–H and O–H groups in total. The molecule has 1 aromatic carbocycles. The number of halogens is 3. The van der Waals surface area contributed by atoms with Crippen molar-refractivity contribution in [2.75, 3.05) is 26.2 Å². The average molecular weight is 342 g/mol. The molecule has 2 saturated heterocycles. The molecule has 1 spiro atoms. The van der Waals surface area contributed by atoms with Gasteiger partial charge in [0.15, 0.2) is 0 Å². The summed E-state index contributed by atoms with van der Waals surface area (Å²) >= 11 is 0. The second-order valence-corrected chi connectivity index (χ2v) is 6.85. The van der Waals surface area contributed by atoms with E-state index in [1.54, 1.807) is 4.90 Å². The highest BCUT2D eigenvalue weighted by Crippen LogP contribution is 2.36. The number of likely N-dealkylation sites (tertiary alicyclic amines) is 1. The van der Waals surface area contributed by atoms with Gasteiger partial charge in [-0.3, -0.25) is 4.79 Å². The number of alkyl halides is 3. The van der Waals surface area contributed by atoms with Crippen LogP contribution in [0.15, 0.2) is 24.3 Å². The summed E-state index contributed by atoms with van der Waals surface area (Å²) in [6.45, 7) is 3.02. The molecule has 2 aliphatic rings. The lowest BCUT2D eigenvalue weighted by Gasteiger charge is -2.24. The Morgan fingerprint density at radius 3 is 2.83 bits per heavy atom. The number of rotatable bonds is 3. The smallest absolute Gasteiger partial charge is 0.383 e. The van der Waals surface area contributed by atoms with Gasteiger partial charge in [0.25, 0.3) is 5.91 Å². The van der Waals surface area contributed by atoms with Crippen molar-refractivity contribution in [3.8, 4) is 0 Å². The number of aliphatic hydroxyl groups excluding tert-OH is 1. The van der Waals surface area contributed by atoms with Crippen LogP contribution in [-0.4, -0.2) is 48.2 Å². The van der Waals surface area contributed by atoms with E-state index in [0.29, 0.717) is 18.7 Å². The van der Waals surface area contributed by atoms with Gasteiger partial charge in [-0.25, -0.2) is 0 Å². The van der Waals surface area contributed by atoms with E-state index < -0.39 is 23.8 Å². The number of benzene rings is 1. The first-order chi connectivity index (χ1) is 11.3. The molecule has 2 heterocycles. The van der Waals surface area contributed by atoms with Crippen molar-refractivity contribution < 1.29 is 23.1 Å². The van der Waals surface area contributed by atoms with E-state index in [4.69, 9.17) is 0 Å². The highest BCUT2D eigenvalue weighted by molar-refractivity contribution is 5.81. The van der Waals surface area contributed by atoms with E-state index in [2.05, 4.69) is 5.32 Å². The van der Waals surface area contributed by atoms with Gasteiger partial charge in [0.05, 0.1) is 5.56 Å². The van der Waals surface area contributed by atoms with Crippen LogP contribution < -0.4 is 5.32 Å². The Balaban J connectivity index is 1.63. The Morgan fingerprint density at radius 2 is 2.17 bits per heavy atom. The Hall–Kier alpha value is -1.60. The van der Waals surface area contributed by atoms with Gasteiger partial charge in [-0.05, 0) is 31.0 Å². The van der Waals surface area contributed by atoms with Crippen LogP contribution in [0.25, 0.3) is 0 Å². The highest BCUT2D eigenvalue weighted by atomic mass is 19.4.